The van der Waals surface area contributed by atoms with Crippen LogP contribution in [0.1, 0.15) is 36.8 Å². The fraction of sp³-hybridized carbons (Fsp3) is 0.562. The summed E-state index contributed by atoms with van der Waals surface area (Å²) in [4.78, 5) is 13.7. The molecule has 0 spiro atoms. The molecular formula is C16H21F3N2O. The van der Waals surface area contributed by atoms with Crippen molar-refractivity contribution in [2.45, 2.75) is 44.4 Å². The maximum Gasteiger partial charge on any atom is 0.416 e. The highest BCUT2D eigenvalue weighted by atomic mass is 19.4. The highest BCUT2D eigenvalue weighted by Gasteiger charge is 2.31. The van der Waals surface area contributed by atoms with Crippen LogP contribution in [0.2, 0.25) is 0 Å². The van der Waals surface area contributed by atoms with Crippen LogP contribution >= 0.6 is 0 Å². The molecule has 1 aromatic rings. The molecule has 6 heteroatoms. The van der Waals surface area contributed by atoms with Crippen molar-refractivity contribution in [2.75, 3.05) is 7.05 Å². The van der Waals surface area contributed by atoms with Crippen LogP contribution in [0.5, 0.6) is 0 Å². The first-order valence-electron chi connectivity index (χ1n) is 7.43. The Morgan fingerprint density at radius 3 is 2.68 bits per heavy atom. The minimum Gasteiger partial charge on any atom is -0.341 e. The zero-order chi connectivity index (χ0) is 16.3. The number of alkyl halides is 3. The lowest BCUT2D eigenvalue weighted by molar-refractivity contribution is -0.137. The van der Waals surface area contributed by atoms with Gasteiger partial charge < -0.3 is 10.6 Å². The van der Waals surface area contributed by atoms with E-state index in [4.69, 9.17) is 5.73 Å². The average molecular weight is 314 g/mol. The normalized spacial score (nSPS) is 21.9. The lowest BCUT2D eigenvalue weighted by Crippen LogP contribution is -2.32. The molecule has 2 N–H and O–H groups in total. The van der Waals surface area contributed by atoms with Gasteiger partial charge in [-0.15, -0.1) is 0 Å². The molecule has 0 saturated heterocycles. The summed E-state index contributed by atoms with van der Waals surface area (Å²) in [5.41, 5.74) is 5.73. The van der Waals surface area contributed by atoms with Crippen LogP contribution in [0.15, 0.2) is 24.3 Å². The third-order valence-electron chi connectivity index (χ3n) is 4.25. The molecule has 1 aliphatic carbocycles. The molecule has 3 nitrogen and oxygen atoms in total. The van der Waals surface area contributed by atoms with Crippen LogP contribution < -0.4 is 5.73 Å². The van der Waals surface area contributed by atoms with Gasteiger partial charge in [-0.05, 0) is 36.5 Å². The average Bonchev–Trinajstić information content (AvgIpc) is 2.83. The number of carbonyl (C=O) groups is 1. The van der Waals surface area contributed by atoms with Gasteiger partial charge in [0.15, 0.2) is 0 Å². The Morgan fingerprint density at radius 1 is 1.36 bits per heavy atom. The summed E-state index contributed by atoms with van der Waals surface area (Å²) in [6, 6.07) is 5.14. The smallest absolute Gasteiger partial charge is 0.341 e. The number of carbonyl (C=O) groups excluding carboxylic acids is 1. The number of benzene rings is 1. The SMILES string of the molecule is CN(Cc1cccc(C(F)(F)F)c1)C(=O)C[C@@H]1CCC[C@H]1N. The second kappa shape index (κ2) is 6.69. The van der Waals surface area contributed by atoms with Crippen LogP contribution in [0.3, 0.4) is 0 Å². The summed E-state index contributed by atoms with van der Waals surface area (Å²) >= 11 is 0. The monoisotopic (exact) mass is 314 g/mol. The maximum absolute atomic E-state index is 12.7. The Kier molecular flexibility index (Phi) is 5.11. The summed E-state index contributed by atoms with van der Waals surface area (Å²) in [6.07, 6.45) is -1.07. The van der Waals surface area contributed by atoms with Gasteiger partial charge in [0.05, 0.1) is 5.56 Å². The molecular weight excluding hydrogens is 293 g/mol. The molecule has 1 aliphatic rings. The standard InChI is InChI=1S/C16H21F3N2O/c1-21(15(22)9-12-5-3-7-14(12)20)10-11-4-2-6-13(8-11)16(17,18)19/h2,4,6,8,12,14H,3,5,7,9-10,20H2,1H3/t12-,14+/m0/s1. The van der Waals surface area contributed by atoms with Crippen LogP contribution in [0, 0.1) is 5.92 Å². The molecule has 122 valence electrons. The van der Waals surface area contributed by atoms with Gasteiger partial charge in [-0.3, -0.25) is 4.79 Å². The minimum atomic E-state index is -4.37. The Morgan fingerprint density at radius 2 is 2.09 bits per heavy atom. The minimum absolute atomic E-state index is 0.0610. The Labute approximate surface area is 128 Å². The second-order valence-corrected chi connectivity index (χ2v) is 6.01. The van der Waals surface area contributed by atoms with Crippen molar-refractivity contribution in [3.05, 3.63) is 35.4 Å². The number of rotatable bonds is 4. The van der Waals surface area contributed by atoms with Gasteiger partial charge in [0.1, 0.15) is 0 Å². The zero-order valence-corrected chi connectivity index (χ0v) is 12.6. The molecule has 1 fully saturated rings. The molecule has 0 radical (unpaired) electrons. The molecule has 1 aromatic carbocycles. The van der Waals surface area contributed by atoms with Gasteiger partial charge in [-0.25, -0.2) is 0 Å². The molecule has 0 heterocycles. The van der Waals surface area contributed by atoms with E-state index >= 15 is 0 Å². The van der Waals surface area contributed by atoms with E-state index in [0.717, 1.165) is 31.4 Å². The van der Waals surface area contributed by atoms with E-state index in [2.05, 4.69) is 0 Å². The lowest BCUT2D eigenvalue weighted by Gasteiger charge is -2.21. The zero-order valence-electron chi connectivity index (χ0n) is 12.6. The molecule has 2 rings (SSSR count). The van der Waals surface area contributed by atoms with Crippen molar-refractivity contribution in [1.82, 2.24) is 4.90 Å². The van der Waals surface area contributed by atoms with E-state index in [1.54, 1.807) is 13.1 Å². The molecule has 0 unspecified atom stereocenters. The number of hydrogen-bond acceptors (Lipinski definition) is 2. The van der Waals surface area contributed by atoms with Gasteiger partial charge in [-0.1, -0.05) is 18.6 Å². The van der Waals surface area contributed by atoms with E-state index in [9.17, 15) is 18.0 Å². The van der Waals surface area contributed by atoms with Crippen molar-refractivity contribution >= 4 is 5.91 Å². The molecule has 2 atom stereocenters. The second-order valence-electron chi connectivity index (χ2n) is 6.01. The number of hydrogen-bond donors (Lipinski definition) is 1. The number of halogens is 3. The third kappa shape index (κ3) is 4.22. The Bertz CT molecular complexity index is 530. The quantitative estimate of drug-likeness (QED) is 0.928. The van der Waals surface area contributed by atoms with E-state index in [-0.39, 0.29) is 24.4 Å². The highest BCUT2D eigenvalue weighted by Crippen LogP contribution is 2.30. The topological polar surface area (TPSA) is 46.3 Å². The highest BCUT2D eigenvalue weighted by molar-refractivity contribution is 5.76. The maximum atomic E-state index is 12.7. The van der Waals surface area contributed by atoms with E-state index < -0.39 is 11.7 Å². The predicted molar refractivity (Wildman–Crippen MR) is 77.9 cm³/mol. The molecule has 1 amide bonds. The Hall–Kier alpha value is -1.56. The summed E-state index contributed by atoms with van der Waals surface area (Å²) in [5, 5.41) is 0. The summed E-state index contributed by atoms with van der Waals surface area (Å²) < 4.78 is 38.0. The lowest BCUT2D eigenvalue weighted by atomic mass is 9.99. The summed E-state index contributed by atoms with van der Waals surface area (Å²) in [6.45, 7) is 0.171. The summed E-state index contributed by atoms with van der Waals surface area (Å²) in [7, 11) is 1.61. The fourth-order valence-corrected chi connectivity index (χ4v) is 2.91. The van der Waals surface area contributed by atoms with Gasteiger partial charge in [0.2, 0.25) is 5.91 Å². The van der Waals surface area contributed by atoms with Gasteiger partial charge in [0, 0.05) is 26.1 Å². The van der Waals surface area contributed by atoms with Crippen molar-refractivity contribution in [1.29, 1.82) is 0 Å². The van der Waals surface area contributed by atoms with Crippen molar-refractivity contribution in [3.8, 4) is 0 Å². The van der Waals surface area contributed by atoms with Crippen LogP contribution in [-0.2, 0) is 17.5 Å². The van der Waals surface area contributed by atoms with Gasteiger partial charge >= 0.3 is 6.18 Å². The van der Waals surface area contributed by atoms with Crippen LogP contribution in [-0.4, -0.2) is 23.9 Å². The largest absolute Gasteiger partial charge is 0.416 e. The number of nitrogens with zero attached hydrogens (tertiary/aromatic N) is 1. The van der Waals surface area contributed by atoms with E-state index in [0.29, 0.717) is 12.0 Å². The first kappa shape index (κ1) is 16.8. The van der Waals surface area contributed by atoms with Gasteiger partial charge in [0.25, 0.3) is 0 Å². The third-order valence-corrected chi connectivity index (χ3v) is 4.25. The van der Waals surface area contributed by atoms with Crippen molar-refractivity contribution in [3.63, 3.8) is 0 Å². The van der Waals surface area contributed by atoms with Crippen molar-refractivity contribution < 1.29 is 18.0 Å². The van der Waals surface area contributed by atoms with Crippen LogP contribution in [0.4, 0.5) is 13.2 Å². The summed E-state index contributed by atoms with van der Waals surface area (Å²) in [5.74, 6) is 0.122. The molecule has 0 aliphatic heterocycles. The van der Waals surface area contributed by atoms with Crippen molar-refractivity contribution in [2.24, 2.45) is 11.7 Å². The molecule has 0 aromatic heterocycles. The first-order valence-corrected chi connectivity index (χ1v) is 7.43. The first-order chi connectivity index (χ1) is 10.3. The van der Waals surface area contributed by atoms with Gasteiger partial charge in [-0.2, -0.15) is 13.2 Å². The molecule has 22 heavy (non-hydrogen) atoms. The molecule has 1 saturated carbocycles. The number of amides is 1. The Balaban J connectivity index is 1.96. The number of nitrogens with two attached hydrogens (primary N) is 1. The van der Waals surface area contributed by atoms with E-state index in [1.807, 2.05) is 0 Å². The van der Waals surface area contributed by atoms with Crippen LogP contribution in [0.25, 0.3) is 0 Å². The fourth-order valence-electron chi connectivity index (χ4n) is 2.91. The molecule has 0 bridgehead atoms. The van der Waals surface area contributed by atoms with E-state index in [1.165, 1.54) is 11.0 Å². The predicted octanol–water partition coefficient (Wildman–Crippen LogP) is 3.18.